The average Bonchev–Trinajstić information content (AvgIpc) is 2.52. The second kappa shape index (κ2) is 8.99. The van der Waals surface area contributed by atoms with Crippen molar-refractivity contribution in [3.8, 4) is 0 Å². The summed E-state index contributed by atoms with van der Waals surface area (Å²) in [5.41, 5.74) is -0.0156. The molecule has 2 saturated heterocycles. The van der Waals surface area contributed by atoms with Crippen LogP contribution in [0.25, 0.3) is 0 Å². The summed E-state index contributed by atoms with van der Waals surface area (Å²) in [6.45, 7) is 12.1. The Morgan fingerprint density at radius 3 is 2.40 bits per heavy atom. The third kappa shape index (κ3) is 6.94. The molecule has 0 aromatic rings. The van der Waals surface area contributed by atoms with Crippen molar-refractivity contribution in [2.24, 2.45) is 17.3 Å². The number of carbonyl (C=O) groups is 2. The maximum atomic E-state index is 12.6. The normalized spacial score (nSPS) is 25.8. The fourth-order valence-electron chi connectivity index (χ4n) is 3.87. The number of piperidine rings is 1. The molecule has 0 aromatic heterocycles. The fraction of sp³-hybridized carbons (Fsp3) is 0.895. The van der Waals surface area contributed by atoms with Gasteiger partial charge in [-0.05, 0) is 36.6 Å². The minimum absolute atomic E-state index is 0.0156. The van der Waals surface area contributed by atoms with Gasteiger partial charge in [-0.15, -0.1) is 0 Å². The second-order valence-corrected chi connectivity index (χ2v) is 8.73. The van der Waals surface area contributed by atoms with Gasteiger partial charge in [-0.3, -0.25) is 14.5 Å². The van der Waals surface area contributed by atoms with Crippen LogP contribution in [-0.2, 0) is 14.3 Å². The van der Waals surface area contributed by atoms with Crippen molar-refractivity contribution < 1.29 is 19.4 Å². The first kappa shape index (κ1) is 20.2. The highest BCUT2D eigenvalue weighted by Gasteiger charge is 2.33. The molecule has 2 unspecified atom stereocenters. The zero-order valence-corrected chi connectivity index (χ0v) is 16.0. The molecule has 0 saturated carbocycles. The maximum Gasteiger partial charge on any atom is 0.303 e. The summed E-state index contributed by atoms with van der Waals surface area (Å²) in [4.78, 5) is 28.1. The first-order chi connectivity index (χ1) is 11.7. The van der Waals surface area contributed by atoms with Crippen LogP contribution in [0.5, 0.6) is 0 Å². The van der Waals surface area contributed by atoms with Gasteiger partial charge in [-0.25, -0.2) is 0 Å². The molecule has 2 aliphatic heterocycles. The van der Waals surface area contributed by atoms with Crippen LogP contribution in [0.2, 0.25) is 0 Å². The Hall–Kier alpha value is -1.14. The van der Waals surface area contributed by atoms with E-state index in [0.717, 1.165) is 45.7 Å². The van der Waals surface area contributed by atoms with Gasteiger partial charge in [0.2, 0.25) is 5.91 Å². The molecule has 6 heteroatoms. The predicted molar refractivity (Wildman–Crippen MR) is 96.4 cm³/mol. The average molecular weight is 354 g/mol. The highest BCUT2D eigenvalue weighted by molar-refractivity contribution is 5.77. The first-order valence-electron chi connectivity index (χ1n) is 9.54. The molecular weight excluding hydrogens is 320 g/mol. The van der Waals surface area contributed by atoms with Gasteiger partial charge in [-0.2, -0.15) is 0 Å². The van der Waals surface area contributed by atoms with E-state index in [1.807, 2.05) is 4.90 Å². The highest BCUT2D eigenvalue weighted by Crippen LogP contribution is 2.31. The summed E-state index contributed by atoms with van der Waals surface area (Å²) in [5, 5.41) is 9.22. The molecule has 2 fully saturated rings. The van der Waals surface area contributed by atoms with Gasteiger partial charge >= 0.3 is 5.97 Å². The molecule has 1 amide bonds. The number of rotatable bonds is 6. The standard InChI is InChI=1S/C19H34N2O4/c1-19(2,3)13-17(22)21-7-5-15(12-18(23)24)16(14-21)4-6-20-8-10-25-11-9-20/h15-16H,4-14H2,1-3H3,(H,23,24). The smallest absolute Gasteiger partial charge is 0.303 e. The van der Waals surface area contributed by atoms with Gasteiger partial charge in [-0.1, -0.05) is 20.8 Å². The molecule has 0 spiro atoms. The summed E-state index contributed by atoms with van der Waals surface area (Å²) in [6, 6.07) is 0. The predicted octanol–water partition coefficient (Wildman–Crippen LogP) is 2.08. The third-order valence-corrected chi connectivity index (χ3v) is 5.28. The number of ether oxygens (including phenoxy) is 1. The lowest BCUT2D eigenvalue weighted by atomic mass is 9.80. The second-order valence-electron chi connectivity index (χ2n) is 8.73. The van der Waals surface area contributed by atoms with E-state index in [1.165, 1.54) is 0 Å². The molecule has 0 aliphatic carbocycles. The van der Waals surface area contributed by atoms with Crippen molar-refractivity contribution in [1.29, 1.82) is 0 Å². The summed E-state index contributed by atoms with van der Waals surface area (Å²) >= 11 is 0. The number of nitrogens with zero attached hydrogens (tertiary/aromatic N) is 2. The van der Waals surface area contributed by atoms with Gasteiger partial charge in [0.25, 0.3) is 0 Å². The van der Waals surface area contributed by atoms with E-state index in [1.54, 1.807) is 0 Å². The molecule has 2 atom stereocenters. The van der Waals surface area contributed by atoms with Crippen molar-refractivity contribution in [3.05, 3.63) is 0 Å². The molecule has 6 nitrogen and oxygen atoms in total. The highest BCUT2D eigenvalue weighted by atomic mass is 16.5. The van der Waals surface area contributed by atoms with Crippen molar-refractivity contribution in [3.63, 3.8) is 0 Å². The van der Waals surface area contributed by atoms with E-state index in [0.29, 0.717) is 19.5 Å². The number of hydrogen-bond acceptors (Lipinski definition) is 4. The molecule has 25 heavy (non-hydrogen) atoms. The van der Waals surface area contributed by atoms with Crippen LogP contribution >= 0.6 is 0 Å². The van der Waals surface area contributed by atoms with Crippen molar-refractivity contribution >= 4 is 11.9 Å². The Kier molecular flexibility index (Phi) is 7.25. The van der Waals surface area contributed by atoms with Crippen molar-refractivity contribution in [1.82, 2.24) is 9.80 Å². The molecule has 2 heterocycles. The zero-order chi connectivity index (χ0) is 18.4. The molecule has 0 radical (unpaired) electrons. The van der Waals surface area contributed by atoms with Gasteiger partial charge < -0.3 is 14.7 Å². The lowest BCUT2D eigenvalue weighted by molar-refractivity contribution is -0.140. The molecule has 0 aromatic carbocycles. The van der Waals surface area contributed by atoms with E-state index in [-0.39, 0.29) is 29.6 Å². The van der Waals surface area contributed by atoms with Gasteiger partial charge in [0.05, 0.1) is 13.2 Å². The Balaban J connectivity index is 1.93. The number of carbonyl (C=O) groups excluding carboxylic acids is 1. The largest absolute Gasteiger partial charge is 0.481 e. The van der Waals surface area contributed by atoms with Crippen LogP contribution in [0.15, 0.2) is 0 Å². The maximum absolute atomic E-state index is 12.6. The number of morpholine rings is 1. The number of likely N-dealkylation sites (tertiary alicyclic amines) is 1. The summed E-state index contributed by atoms with van der Waals surface area (Å²) in [5.74, 6) is -0.0673. The number of carboxylic acids is 1. The van der Waals surface area contributed by atoms with Crippen molar-refractivity contribution in [2.45, 2.75) is 46.5 Å². The monoisotopic (exact) mass is 354 g/mol. The van der Waals surface area contributed by atoms with E-state index >= 15 is 0 Å². The van der Waals surface area contributed by atoms with Crippen molar-refractivity contribution in [2.75, 3.05) is 45.9 Å². The van der Waals surface area contributed by atoms with Crippen LogP contribution in [-0.4, -0.2) is 72.7 Å². The van der Waals surface area contributed by atoms with E-state index < -0.39 is 5.97 Å². The number of amides is 1. The Labute approximate surface area is 151 Å². The van der Waals surface area contributed by atoms with Crippen LogP contribution in [0.4, 0.5) is 0 Å². The minimum Gasteiger partial charge on any atom is -0.481 e. The number of aliphatic carboxylic acids is 1. The number of carboxylic acid groups (broad SMARTS) is 1. The first-order valence-corrected chi connectivity index (χ1v) is 9.54. The molecule has 144 valence electrons. The SMILES string of the molecule is CC(C)(C)CC(=O)N1CCC(CC(=O)O)C(CCN2CCOCC2)C1. The topological polar surface area (TPSA) is 70.1 Å². The quantitative estimate of drug-likeness (QED) is 0.791. The summed E-state index contributed by atoms with van der Waals surface area (Å²) < 4.78 is 5.39. The molecule has 2 aliphatic rings. The fourth-order valence-corrected chi connectivity index (χ4v) is 3.87. The van der Waals surface area contributed by atoms with Crippen LogP contribution in [0, 0.1) is 17.3 Å². The molecule has 1 N–H and O–H groups in total. The third-order valence-electron chi connectivity index (χ3n) is 5.28. The van der Waals surface area contributed by atoms with E-state index in [4.69, 9.17) is 4.74 Å². The van der Waals surface area contributed by atoms with E-state index in [9.17, 15) is 14.7 Å². The Morgan fingerprint density at radius 2 is 1.80 bits per heavy atom. The van der Waals surface area contributed by atoms with Crippen LogP contribution in [0.1, 0.15) is 46.5 Å². The summed E-state index contributed by atoms with van der Waals surface area (Å²) in [6.07, 6.45) is 2.52. The zero-order valence-electron chi connectivity index (χ0n) is 16.0. The molecule has 0 bridgehead atoms. The Morgan fingerprint density at radius 1 is 1.12 bits per heavy atom. The number of hydrogen-bond donors (Lipinski definition) is 1. The minimum atomic E-state index is -0.726. The summed E-state index contributed by atoms with van der Waals surface area (Å²) in [7, 11) is 0. The lowest BCUT2D eigenvalue weighted by Crippen LogP contribution is -2.46. The van der Waals surface area contributed by atoms with Gasteiger partial charge in [0.15, 0.2) is 0 Å². The Bertz CT molecular complexity index is 455. The molecule has 2 rings (SSSR count). The molecular formula is C19H34N2O4. The lowest BCUT2D eigenvalue weighted by Gasteiger charge is -2.40. The van der Waals surface area contributed by atoms with Gasteiger partial charge in [0.1, 0.15) is 0 Å². The van der Waals surface area contributed by atoms with Crippen LogP contribution in [0.3, 0.4) is 0 Å². The van der Waals surface area contributed by atoms with Crippen LogP contribution < -0.4 is 0 Å². The van der Waals surface area contributed by atoms with Gasteiger partial charge in [0, 0.05) is 39.0 Å². The van der Waals surface area contributed by atoms with E-state index in [2.05, 4.69) is 25.7 Å².